The van der Waals surface area contributed by atoms with Crippen molar-refractivity contribution < 1.29 is 27.0 Å². The van der Waals surface area contributed by atoms with Gasteiger partial charge in [0.25, 0.3) is 0 Å². The predicted octanol–water partition coefficient (Wildman–Crippen LogP) is 11.4. The Bertz CT molecular complexity index is 3550. The Kier molecular flexibility index (Phi) is 14.5. The van der Waals surface area contributed by atoms with Crippen molar-refractivity contribution in [2.75, 3.05) is 18.5 Å². The number of nitrogens with zero attached hydrogens (tertiary/aromatic N) is 12. The Balaban J connectivity index is 0.000000139. The van der Waals surface area contributed by atoms with E-state index in [0.717, 1.165) is 56.5 Å². The molecular weight excluding hydrogens is 964 g/mol. The summed E-state index contributed by atoms with van der Waals surface area (Å²) in [5.41, 5.74) is 13.7. The number of nitrogens with two attached hydrogens (primary N) is 1. The molecule has 10 aromatic rings. The molecule has 4 atom stereocenters. The van der Waals surface area contributed by atoms with Gasteiger partial charge in [0.15, 0.2) is 27.8 Å². The first-order chi connectivity index (χ1) is 35.5. The van der Waals surface area contributed by atoms with E-state index in [2.05, 4.69) is 45.2 Å². The third-order valence-corrected chi connectivity index (χ3v) is 12.5. The van der Waals surface area contributed by atoms with Crippen LogP contribution >= 0.6 is 11.6 Å². The van der Waals surface area contributed by atoms with E-state index in [0.29, 0.717) is 90.2 Å². The minimum Gasteiger partial charge on any atom is -0.360 e. The molecule has 21 heteroatoms. The molecule has 0 bridgehead atoms. The van der Waals surface area contributed by atoms with Crippen LogP contribution in [0, 0.1) is 23.3 Å². The zero-order valence-electron chi connectivity index (χ0n) is 39.5. The van der Waals surface area contributed by atoms with Crippen molar-refractivity contribution in [3.05, 3.63) is 150 Å². The van der Waals surface area contributed by atoms with Crippen LogP contribution in [0.4, 0.5) is 23.4 Å². The zero-order chi connectivity index (χ0) is 50.6. The Hall–Kier alpha value is -7.65. The summed E-state index contributed by atoms with van der Waals surface area (Å²) >= 11 is 5.94. The second-order valence-corrected chi connectivity index (χ2v) is 17.9. The number of aromatic nitrogens is 12. The standard InChI is InChI=1S/C26H23F2N7O.C16H13F2N3.C10H11ClN4O/c1-15(32-25-24-26(30-13-29-25)35(14-31-24)21-8-4-5-9-36-21)22-23(16-10-17(27)12-18(28)11-16)34-20-7-3-2-6-19(20)33-22;1-9(19)15-16(10-6-11(17)8-12(18)7-10)21-14-5-3-2-4-13(14)20-15;11-9-8-10(13-5-12-9)15(6-14-8)7-3-1-2-4-16-7/h2-3,6-7,10-15,21H,4-5,8-9H2,1H3,(H,29,30,32);2-9H,19H2,1H3;5-7H,1-4H2. The predicted molar refractivity (Wildman–Crippen MR) is 268 cm³/mol. The highest BCUT2D eigenvalue weighted by atomic mass is 35.5. The first kappa shape index (κ1) is 49.0. The molecule has 8 heterocycles. The van der Waals surface area contributed by atoms with Gasteiger partial charge in [-0.1, -0.05) is 35.9 Å². The summed E-state index contributed by atoms with van der Waals surface area (Å²) < 4.78 is 70.5. The van der Waals surface area contributed by atoms with Crippen molar-refractivity contribution in [2.24, 2.45) is 5.73 Å². The molecule has 2 saturated heterocycles. The van der Waals surface area contributed by atoms with E-state index < -0.39 is 35.4 Å². The van der Waals surface area contributed by atoms with Gasteiger partial charge in [-0.05, 0) is 101 Å². The first-order valence-corrected chi connectivity index (χ1v) is 24.1. The van der Waals surface area contributed by atoms with E-state index in [1.165, 1.54) is 43.3 Å². The fraction of sp³-hybridized carbons (Fsp3) is 0.269. The van der Waals surface area contributed by atoms with Crippen molar-refractivity contribution in [1.82, 2.24) is 59.0 Å². The summed E-state index contributed by atoms with van der Waals surface area (Å²) in [6.07, 6.45) is 12.6. The van der Waals surface area contributed by atoms with Gasteiger partial charge in [0.05, 0.1) is 63.5 Å². The highest BCUT2D eigenvalue weighted by Crippen LogP contribution is 2.34. The van der Waals surface area contributed by atoms with E-state index in [1.807, 2.05) is 58.5 Å². The maximum Gasteiger partial charge on any atom is 0.167 e. The highest BCUT2D eigenvalue weighted by molar-refractivity contribution is 6.33. The van der Waals surface area contributed by atoms with Crippen molar-refractivity contribution >= 4 is 61.8 Å². The molecule has 6 aromatic heterocycles. The molecule has 3 N–H and O–H groups in total. The van der Waals surface area contributed by atoms with E-state index in [9.17, 15) is 17.6 Å². The summed E-state index contributed by atoms with van der Waals surface area (Å²) in [5, 5.41) is 3.75. The molecule has 4 unspecified atom stereocenters. The highest BCUT2D eigenvalue weighted by Gasteiger charge is 2.24. The van der Waals surface area contributed by atoms with Gasteiger partial charge in [0.1, 0.15) is 53.9 Å². The van der Waals surface area contributed by atoms with Crippen LogP contribution in [0.25, 0.3) is 66.9 Å². The monoisotopic (exact) mass is 1010 g/mol. The normalized spacial score (nSPS) is 16.7. The number of rotatable bonds is 8. The van der Waals surface area contributed by atoms with Crippen molar-refractivity contribution in [3.63, 3.8) is 0 Å². The molecule has 2 aliphatic heterocycles. The molecule has 372 valence electrons. The largest absolute Gasteiger partial charge is 0.360 e. The molecule has 73 heavy (non-hydrogen) atoms. The summed E-state index contributed by atoms with van der Waals surface area (Å²) in [6.45, 7) is 5.16. The maximum absolute atomic E-state index is 14.1. The molecule has 0 aliphatic carbocycles. The van der Waals surface area contributed by atoms with Gasteiger partial charge in [-0.2, -0.15) is 0 Å². The Morgan fingerprint density at radius 1 is 0.575 bits per heavy atom. The minimum atomic E-state index is -0.681. The first-order valence-electron chi connectivity index (χ1n) is 23.7. The van der Waals surface area contributed by atoms with Crippen LogP contribution in [0.1, 0.15) is 88.3 Å². The minimum absolute atomic E-state index is 0.0321. The fourth-order valence-corrected chi connectivity index (χ4v) is 8.99. The summed E-state index contributed by atoms with van der Waals surface area (Å²) in [7, 11) is 0. The van der Waals surface area contributed by atoms with Crippen LogP contribution < -0.4 is 11.1 Å². The Labute approximate surface area is 420 Å². The van der Waals surface area contributed by atoms with E-state index in [4.69, 9.17) is 36.8 Å². The number of anilines is 1. The number of imidazole rings is 2. The molecule has 0 amide bonds. The lowest BCUT2D eigenvalue weighted by atomic mass is 10.0. The van der Waals surface area contributed by atoms with Crippen LogP contribution in [0.2, 0.25) is 5.15 Å². The molecule has 12 rings (SSSR count). The van der Waals surface area contributed by atoms with E-state index >= 15 is 0 Å². The topological polar surface area (TPSA) is 195 Å². The number of benzene rings is 4. The molecule has 16 nitrogen and oxygen atoms in total. The van der Waals surface area contributed by atoms with E-state index in [-0.39, 0.29) is 12.5 Å². The number of halogens is 5. The maximum atomic E-state index is 14.1. The van der Waals surface area contributed by atoms with Gasteiger partial charge >= 0.3 is 0 Å². The van der Waals surface area contributed by atoms with Crippen LogP contribution in [-0.4, -0.2) is 72.2 Å². The molecule has 2 aliphatic rings. The fourth-order valence-electron chi connectivity index (χ4n) is 8.81. The van der Waals surface area contributed by atoms with Gasteiger partial charge in [-0.3, -0.25) is 9.13 Å². The van der Waals surface area contributed by atoms with Gasteiger partial charge in [0.2, 0.25) is 0 Å². The number of para-hydroxylation sites is 4. The lowest BCUT2D eigenvalue weighted by Crippen LogP contribution is -2.18. The van der Waals surface area contributed by atoms with Crippen molar-refractivity contribution in [3.8, 4) is 22.5 Å². The summed E-state index contributed by atoms with van der Waals surface area (Å²) in [6, 6.07) is 20.5. The number of hydrogen-bond donors (Lipinski definition) is 2. The molecule has 2 fully saturated rings. The van der Waals surface area contributed by atoms with Gasteiger partial charge in [0, 0.05) is 42.5 Å². The number of fused-ring (bicyclic) bond motifs is 4. The SMILES string of the molecule is CC(N)c1nc2ccccc2nc1-c1cc(F)cc(F)c1.CC(Nc1ncnc2c1ncn2C1CCCCO1)c1nc2ccccc2nc1-c1cc(F)cc(F)c1.Clc1ncnc2c1ncn2C1CCCCO1. The van der Waals surface area contributed by atoms with Crippen molar-refractivity contribution in [1.29, 1.82) is 0 Å². The average Bonchev–Trinajstić information content (AvgIpc) is 4.05. The molecule has 4 aromatic carbocycles. The lowest BCUT2D eigenvalue weighted by molar-refractivity contribution is -0.0299. The quantitative estimate of drug-likeness (QED) is 0.108. The number of ether oxygens (including phenoxy) is 2. The Morgan fingerprint density at radius 3 is 1.52 bits per heavy atom. The van der Waals surface area contributed by atoms with Crippen LogP contribution in [0.5, 0.6) is 0 Å². The molecule has 0 saturated carbocycles. The van der Waals surface area contributed by atoms with Gasteiger partial charge < -0.3 is 20.5 Å². The number of nitrogens with one attached hydrogen (secondary N) is 1. The summed E-state index contributed by atoms with van der Waals surface area (Å²) in [4.78, 5) is 44.2. The van der Waals surface area contributed by atoms with E-state index in [1.54, 1.807) is 25.6 Å². The third-order valence-electron chi connectivity index (χ3n) is 12.3. The van der Waals surface area contributed by atoms with Crippen molar-refractivity contribution in [2.45, 2.75) is 76.9 Å². The lowest BCUT2D eigenvalue weighted by Gasteiger charge is -2.23. The number of hydrogen-bond acceptors (Lipinski definition) is 14. The molecular formula is C52H47ClF4N14O2. The van der Waals surface area contributed by atoms with Gasteiger partial charge in [-0.25, -0.2) is 67.4 Å². The molecule has 0 spiro atoms. The second kappa shape index (κ2) is 21.6. The van der Waals surface area contributed by atoms with Gasteiger partial charge in [-0.15, -0.1) is 0 Å². The Morgan fingerprint density at radius 2 is 1.03 bits per heavy atom. The van der Waals surface area contributed by atoms with Crippen LogP contribution in [-0.2, 0) is 9.47 Å². The van der Waals surface area contributed by atoms with Crippen LogP contribution in [0.3, 0.4) is 0 Å². The molecule has 0 radical (unpaired) electrons. The second-order valence-electron chi connectivity index (χ2n) is 17.5. The smallest absolute Gasteiger partial charge is 0.167 e. The summed E-state index contributed by atoms with van der Waals surface area (Å²) in [5.74, 6) is -2.15. The third kappa shape index (κ3) is 10.8. The zero-order valence-corrected chi connectivity index (χ0v) is 40.3. The van der Waals surface area contributed by atoms with Crippen LogP contribution in [0.15, 0.2) is 110 Å². The average molecular weight is 1010 g/mol.